The van der Waals surface area contributed by atoms with Crippen molar-refractivity contribution in [3.8, 4) is 22.9 Å². The second-order valence-corrected chi connectivity index (χ2v) is 5.61. The topological polar surface area (TPSA) is 82.9 Å². The van der Waals surface area contributed by atoms with Gasteiger partial charge in [0.15, 0.2) is 0 Å². The third-order valence-electron chi connectivity index (χ3n) is 3.82. The molecule has 0 aliphatic heterocycles. The average molecular weight is 345 g/mol. The van der Waals surface area contributed by atoms with Crippen molar-refractivity contribution in [2.24, 2.45) is 0 Å². The molecule has 0 bridgehead atoms. The van der Waals surface area contributed by atoms with Gasteiger partial charge in [0.2, 0.25) is 5.95 Å². The van der Waals surface area contributed by atoms with Crippen LogP contribution in [-0.2, 0) is 6.54 Å². The van der Waals surface area contributed by atoms with Crippen LogP contribution < -0.4 is 15.4 Å². The van der Waals surface area contributed by atoms with Crippen LogP contribution in [0.15, 0.2) is 60.9 Å². The van der Waals surface area contributed by atoms with E-state index in [1.54, 1.807) is 19.5 Å². The first-order valence-electron chi connectivity index (χ1n) is 8.18. The van der Waals surface area contributed by atoms with Crippen LogP contribution in [0.2, 0.25) is 0 Å². The highest BCUT2D eigenvalue weighted by atomic mass is 16.5. The number of nitrogens with one attached hydrogen (secondary N) is 2. The molecular formula is C20H19N5O. The molecule has 0 atom stereocenters. The molecule has 3 aromatic rings. The predicted octanol–water partition coefficient (Wildman–Crippen LogP) is 3.51. The Bertz CT molecular complexity index is 868. The number of nitriles is 1. The fraction of sp³-hybridized carbons (Fsp3) is 0.150. The van der Waals surface area contributed by atoms with E-state index in [1.165, 1.54) is 0 Å². The summed E-state index contributed by atoms with van der Waals surface area (Å²) in [5.74, 6) is 1.36. The number of aromatic nitrogens is 2. The molecule has 0 saturated heterocycles. The molecule has 130 valence electrons. The van der Waals surface area contributed by atoms with Gasteiger partial charge in [0.05, 0.1) is 19.7 Å². The minimum absolute atomic E-state index is 0.342. The molecule has 0 amide bonds. The number of anilines is 2. The lowest BCUT2D eigenvalue weighted by molar-refractivity contribution is 0.415. The van der Waals surface area contributed by atoms with Crippen molar-refractivity contribution in [1.82, 2.24) is 15.3 Å². The van der Waals surface area contributed by atoms with E-state index in [0.717, 1.165) is 28.1 Å². The maximum absolute atomic E-state index is 8.53. The van der Waals surface area contributed by atoms with E-state index in [-0.39, 0.29) is 0 Å². The summed E-state index contributed by atoms with van der Waals surface area (Å²) in [7, 11) is 1.65. The molecule has 0 spiro atoms. The number of hydrogen-bond acceptors (Lipinski definition) is 6. The van der Waals surface area contributed by atoms with Gasteiger partial charge in [-0.15, -0.1) is 0 Å². The summed E-state index contributed by atoms with van der Waals surface area (Å²) in [5.41, 5.74) is 4.00. The van der Waals surface area contributed by atoms with Gasteiger partial charge in [0.25, 0.3) is 0 Å². The van der Waals surface area contributed by atoms with Crippen molar-refractivity contribution in [2.45, 2.75) is 6.54 Å². The van der Waals surface area contributed by atoms with Crippen LogP contribution in [0.25, 0.3) is 11.1 Å². The van der Waals surface area contributed by atoms with E-state index < -0.39 is 0 Å². The highest BCUT2D eigenvalue weighted by Crippen LogP contribution is 2.22. The normalized spacial score (nSPS) is 10.2. The van der Waals surface area contributed by atoms with Gasteiger partial charge in [0, 0.05) is 30.2 Å². The quantitative estimate of drug-likeness (QED) is 0.504. The summed E-state index contributed by atoms with van der Waals surface area (Å²) >= 11 is 0. The smallest absolute Gasteiger partial charge is 0.227 e. The first kappa shape index (κ1) is 17.4. The molecule has 0 unspecified atom stereocenters. The number of methoxy groups -OCH3 is 1. The van der Waals surface area contributed by atoms with E-state index in [2.05, 4.69) is 26.7 Å². The maximum Gasteiger partial charge on any atom is 0.227 e. The molecule has 6 heteroatoms. The molecule has 0 radical (unpaired) electrons. The molecule has 0 saturated carbocycles. The lowest BCUT2D eigenvalue weighted by Gasteiger charge is -2.07. The van der Waals surface area contributed by atoms with Crippen LogP contribution in [0.5, 0.6) is 5.75 Å². The van der Waals surface area contributed by atoms with Gasteiger partial charge in [-0.25, -0.2) is 9.97 Å². The monoisotopic (exact) mass is 345 g/mol. The van der Waals surface area contributed by atoms with Crippen LogP contribution in [0.1, 0.15) is 5.56 Å². The van der Waals surface area contributed by atoms with Crippen LogP contribution in [0.3, 0.4) is 0 Å². The van der Waals surface area contributed by atoms with Gasteiger partial charge in [-0.1, -0.05) is 24.3 Å². The standard InChI is InChI=1S/C20H19N5O/c1-26-19-8-4-16(5-9-19)17-13-23-20(24-14-17)25-18-6-2-15(3-7-18)12-22-11-10-21/h2-9,13-14,22H,11-12H2,1H3,(H,23,24,25). The van der Waals surface area contributed by atoms with E-state index in [9.17, 15) is 0 Å². The molecule has 1 aromatic heterocycles. The molecule has 6 nitrogen and oxygen atoms in total. The fourth-order valence-corrected chi connectivity index (χ4v) is 2.42. The second-order valence-electron chi connectivity index (χ2n) is 5.61. The molecule has 3 rings (SSSR count). The summed E-state index contributed by atoms with van der Waals surface area (Å²) < 4.78 is 5.17. The maximum atomic E-state index is 8.53. The van der Waals surface area contributed by atoms with E-state index in [4.69, 9.17) is 10.00 Å². The SMILES string of the molecule is COc1ccc(-c2cnc(Nc3ccc(CNCC#N)cc3)nc2)cc1. The Kier molecular flexibility index (Phi) is 5.76. The van der Waals surface area contributed by atoms with Crippen molar-refractivity contribution < 1.29 is 4.74 Å². The Morgan fingerprint density at radius 1 is 0.962 bits per heavy atom. The Labute approximate surface area is 152 Å². The van der Waals surface area contributed by atoms with Crippen molar-refractivity contribution in [3.05, 3.63) is 66.5 Å². The predicted molar refractivity (Wildman–Crippen MR) is 101 cm³/mol. The molecule has 26 heavy (non-hydrogen) atoms. The minimum Gasteiger partial charge on any atom is -0.497 e. The molecule has 2 N–H and O–H groups in total. The number of rotatable bonds is 7. The molecule has 1 heterocycles. The second kappa shape index (κ2) is 8.60. The third kappa shape index (κ3) is 4.56. The third-order valence-corrected chi connectivity index (χ3v) is 3.82. The minimum atomic E-state index is 0.342. The Morgan fingerprint density at radius 2 is 1.65 bits per heavy atom. The molecule has 0 aliphatic rings. The lowest BCUT2D eigenvalue weighted by atomic mass is 10.1. The first-order valence-corrected chi connectivity index (χ1v) is 8.18. The largest absolute Gasteiger partial charge is 0.497 e. The van der Waals surface area contributed by atoms with Gasteiger partial charge in [-0.2, -0.15) is 5.26 Å². The summed E-state index contributed by atoms with van der Waals surface area (Å²) in [6, 6.07) is 17.8. The van der Waals surface area contributed by atoms with Gasteiger partial charge < -0.3 is 15.4 Å². The average Bonchev–Trinajstić information content (AvgIpc) is 2.70. The van der Waals surface area contributed by atoms with E-state index >= 15 is 0 Å². The van der Waals surface area contributed by atoms with Crippen molar-refractivity contribution in [3.63, 3.8) is 0 Å². The Morgan fingerprint density at radius 3 is 2.27 bits per heavy atom. The zero-order valence-electron chi connectivity index (χ0n) is 14.4. The van der Waals surface area contributed by atoms with Crippen molar-refractivity contribution in [2.75, 3.05) is 19.0 Å². The van der Waals surface area contributed by atoms with E-state index in [0.29, 0.717) is 19.0 Å². The molecule has 0 fully saturated rings. The Balaban J connectivity index is 1.62. The van der Waals surface area contributed by atoms with Crippen LogP contribution in [-0.4, -0.2) is 23.6 Å². The van der Waals surface area contributed by atoms with Crippen LogP contribution >= 0.6 is 0 Å². The van der Waals surface area contributed by atoms with Crippen LogP contribution in [0, 0.1) is 11.3 Å². The summed E-state index contributed by atoms with van der Waals surface area (Å²) in [4.78, 5) is 8.75. The zero-order chi connectivity index (χ0) is 18.2. The number of hydrogen-bond donors (Lipinski definition) is 2. The zero-order valence-corrected chi connectivity index (χ0v) is 14.4. The number of nitrogens with zero attached hydrogens (tertiary/aromatic N) is 3. The van der Waals surface area contributed by atoms with Gasteiger partial charge >= 0.3 is 0 Å². The van der Waals surface area contributed by atoms with E-state index in [1.807, 2.05) is 48.5 Å². The lowest BCUT2D eigenvalue weighted by Crippen LogP contribution is -2.12. The summed E-state index contributed by atoms with van der Waals surface area (Å²) in [5, 5.41) is 14.7. The molecule has 0 aliphatic carbocycles. The summed E-state index contributed by atoms with van der Waals surface area (Å²) in [6.07, 6.45) is 3.58. The van der Waals surface area contributed by atoms with Crippen LogP contribution in [0.4, 0.5) is 11.6 Å². The number of benzene rings is 2. The van der Waals surface area contributed by atoms with Gasteiger partial charge in [-0.3, -0.25) is 0 Å². The number of ether oxygens (including phenoxy) is 1. The summed E-state index contributed by atoms with van der Waals surface area (Å²) in [6.45, 7) is 1.01. The Hall–Kier alpha value is -3.43. The highest BCUT2D eigenvalue weighted by molar-refractivity contribution is 5.63. The first-order chi connectivity index (χ1) is 12.8. The van der Waals surface area contributed by atoms with Gasteiger partial charge in [-0.05, 0) is 35.4 Å². The fourth-order valence-electron chi connectivity index (χ4n) is 2.42. The molecular weight excluding hydrogens is 326 g/mol. The van der Waals surface area contributed by atoms with Crippen molar-refractivity contribution in [1.29, 1.82) is 5.26 Å². The molecule has 2 aromatic carbocycles. The van der Waals surface area contributed by atoms with Gasteiger partial charge in [0.1, 0.15) is 5.75 Å². The van der Waals surface area contributed by atoms with Crippen molar-refractivity contribution >= 4 is 11.6 Å². The highest BCUT2D eigenvalue weighted by Gasteiger charge is 2.02.